The molecule has 0 N–H and O–H groups in total. The summed E-state index contributed by atoms with van der Waals surface area (Å²) in [6, 6.07) is -0.408. The molecule has 0 aromatic rings. The van der Waals surface area contributed by atoms with Crippen molar-refractivity contribution in [3.05, 3.63) is 0 Å². The van der Waals surface area contributed by atoms with Gasteiger partial charge in [0.2, 0.25) is 0 Å². The first-order valence-corrected chi connectivity index (χ1v) is 11.0. The SMILES string of the molecule is CCOC(=O)[C@H]1CC[C@@H](C2CCCCCCCCC2)N1C(=O)OC(C)(C)C. The zero-order valence-electron chi connectivity index (χ0n) is 17.8. The molecule has 5 nitrogen and oxygen atoms in total. The van der Waals surface area contributed by atoms with Gasteiger partial charge in [0.25, 0.3) is 0 Å². The average molecular weight is 382 g/mol. The Hall–Kier alpha value is -1.26. The monoisotopic (exact) mass is 381 g/mol. The lowest BCUT2D eigenvalue weighted by Crippen LogP contribution is -2.50. The second kappa shape index (κ2) is 10.3. The Morgan fingerprint density at radius 3 is 1.96 bits per heavy atom. The molecule has 2 rings (SSSR count). The van der Waals surface area contributed by atoms with E-state index in [0.29, 0.717) is 18.9 Å². The van der Waals surface area contributed by atoms with Crippen molar-refractivity contribution in [2.24, 2.45) is 5.92 Å². The molecule has 1 aliphatic carbocycles. The fourth-order valence-electron chi connectivity index (χ4n) is 4.57. The lowest BCUT2D eigenvalue weighted by molar-refractivity contribution is -0.149. The van der Waals surface area contributed by atoms with Gasteiger partial charge in [-0.15, -0.1) is 0 Å². The number of nitrogens with zero attached hydrogens (tertiary/aromatic N) is 1. The summed E-state index contributed by atoms with van der Waals surface area (Å²) in [5.41, 5.74) is -0.570. The van der Waals surface area contributed by atoms with Crippen LogP contribution in [0.15, 0.2) is 0 Å². The maximum Gasteiger partial charge on any atom is 0.411 e. The number of carbonyl (C=O) groups is 2. The third kappa shape index (κ3) is 6.69. The number of carbonyl (C=O) groups excluding carboxylic acids is 2. The Balaban J connectivity index is 2.17. The van der Waals surface area contributed by atoms with E-state index >= 15 is 0 Å². The number of esters is 1. The van der Waals surface area contributed by atoms with E-state index in [-0.39, 0.29) is 18.1 Å². The Morgan fingerprint density at radius 1 is 0.889 bits per heavy atom. The Labute approximate surface area is 165 Å². The van der Waals surface area contributed by atoms with E-state index in [1.807, 2.05) is 27.7 Å². The van der Waals surface area contributed by atoms with Crippen LogP contribution in [0.5, 0.6) is 0 Å². The smallest absolute Gasteiger partial charge is 0.411 e. The number of hydrogen-bond acceptors (Lipinski definition) is 4. The molecule has 0 unspecified atom stereocenters. The van der Waals surface area contributed by atoms with Crippen LogP contribution in [0.2, 0.25) is 0 Å². The third-order valence-corrected chi connectivity index (χ3v) is 5.79. The van der Waals surface area contributed by atoms with Gasteiger partial charge in [0.05, 0.1) is 6.61 Å². The maximum atomic E-state index is 13.0. The van der Waals surface area contributed by atoms with Gasteiger partial charge in [-0.05, 0) is 59.3 Å². The largest absolute Gasteiger partial charge is 0.464 e. The lowest BCUT2D eigenvalue weighted by Gasteiger charge is -2.36. The van der Waals surface area contributed by atoms with Gasteiger partial charge in [0, 0.05) is 6.04 Å². The predicted octanol–water partition coefficient (Wildman–Crippen LogP) is 5.46. The molecule has 1 aliphatic heterocycles. The standard InChI is InChI=1S/C22H39NO4/c1-5-26-20(24)19-16-15-18(23(19)21(25)27-22(2,3)4)17-13-11-9-7-6-8-10-12-14-17/h17-19H,5-16H2,1-4H3/t18-,19+/m0/s1. The molecule has 1 saturated heterocycles. The molecule has 2 fully saturated rings. The lowest BCUT2D eigenvalue weighted by atomic mass is 9.86. The molecule has 0 aromatic carbocycles. The zero-order chi connectivity index (χ0) is 19.9. The third-order valence-electron chi connectivity index (χ3n) is 5.79. The predicted molar refractivity (Wildman–Crippen MR) is 107 cm³/mol. The summed E-state index contributed by atoms with van der Waals surface area (Å²) in [6.45, 7) is 7.77. The Kier molecular flexibility index (Phi) is 8.43. The van der Waals surface area contributed by atoms with E-state index in [2.05, 4.69) is 0 Å². The number of amides is 1. The van der Waals surface area contributed by atoms with Gasteiger partial charge in [-0.2, -0.15) is 0 Å². The molecule has 2 atom stereocenters. The van der Waals surface area contributed by atoms with E-state index in [1.165, 1.54) is 44.9 Å². The number of likely N-dealkylation sites (tertiary alicyclic amines) is 1. The van der Waals surface area contributed by atoms with E-state index < -0.39 is 11.6 Å². The molecule has 0 bridgehead atoms. The van der Waals surface area contributed by atoms with Gasteiger partial charge in [-0.25, -0.2) is 9.59 Å². The highest BCUT2D eigenvalue weighted by Gasteiger charge is 2.46. The fourth-order valence-corrected chi connectivity index (χ4v) is 4.57. The van der Waals surface area contributed by atoms with Crippen LogP contribution < -0.4 is 0 Å². The van der Waals surface area contributed by atoms with Crippen molar-refractivity contribution in [2.75, 3.05) is 6.61 Å². The second-order valence-electron chi connectivity index (χ2n) is 9.11. The minimum atomic E-state index is -0.570. The highest BCUT2D eigenvalue weighted by atomic mass is 16.6. The van der Waals surface area contributed by atoms with Crippen LogP contribution >= 0.6 is 0 Å². The van der Waals surface area contributed by atoms with Crippen LogP contribution in [-0.2, 0) is 14.3 Å². The highest BCUT2D eigenvalue weighted by Crippen LogP contribution is 2.36. The highest BCUT2D eigenvalue weighted by molar-refractivity contribution is 5.82. The van der Waals surface area contributed by atoms with Gasteiger partial charge in [-0.1, -0.05) is 44.9 Å². The van der Waals surface area contributed by atoms with Crippen LogP contribution in [0.1, 0.15) is 98.3 Å². The van der Waals surface area contributed by atoms with Gasteiger partial charge in [-0.3, -0.25) is 4.90 Å². The summed E-state index contributed by atoms with van der Waals surface area (Å²) < 4.78 is 10.9. The summed E-state index contributed by atoms with van der Waals surface area (Å²) in [4.78, 5) is 27.2. The van der Waals surface area contributed by atoms with Crippen molar-refractivity contribution in [2.45, 2.75) is 116 Å². The number of rotatable bonds is 3. The topological polar surface area (TPSA) is 55.8 Å². The first-order chi connectivity index (χ1) is 12.8. The second-order valence-corrected chi connectivity index (χ2v) is 9.11. The summed E-state index contributed by atoms with van der Waals surface area (Å²) in [6.07, 6.45) is 12.4. The molecule has 1 amide bonds. The minimum Gasteiger partial charge on any atom is -0.464 e. The van der Waals surface area contributed by atoms with E-state index in [1.54, 1.807) is 4.90 Å². The molecule has 5 heteroatoms. The van der Waals surface area contributed by atoms with Gasteiger partial charge < -0.3 is 9.47 Å². The first kappa shape index (κ1) is 22.0. The molecule has 0 radical (unpaired) electrons. The van der Waals surface area contributed by atoms with E-state index in [9.17, 15) is 9.59 Å². The maximum absolute atomic E-state index is 13.0. The van der Waals surface area contributed by atoms with Crippen molar-refractivity contribution in [3.63, 3.8) is 0 Å². The van der Waals surface area contributed by atoms with Gasteiger partial charge in [0.15, 0.2) is 0 Å². The van der Waals surface area contributed by atoms with Crippen molar-refractivity contribution in [3.8, 4) is 0 Å². The molecule has 27 heavy (non-hydrogen) atoms. The molecule has 1 heterocycles. The molecule has 1 saturated carbocycles. The molecule has 0 aromatic heterocycles. The molecule has 0 spiro atoms. The first-order valence-electron chi connectivity index (χ1n) is 11.0. The van der Waals surface area contributed by atoms with Crippen molar-refractivity contribution in [1.82, 2.24) is 4.90 Å². The average Bonchev–Trinajstić information content (AvgIpc) is 3.03. The summed E-state index contributed by atoms with van der Waals surface area (Å²) in [7, 11) is 0. The van der Waals surface area contributed by atoms with E-state index in [4.69, 9.17) is 9.47 Å². The molecular formula is C22H39NO4. The van der Waals surface area contributed by atoms with Crippen LogP contribution in [0.4, 0.5) is 4.79 Å². The Morgan fingerprint density at radius 2 is 1.44 bits per heavy atom. The van der Waals surface area contributed by atoms with Crippen molar-refractivity contribution in [1.29, 1.82) is 0 Å². The molecular weight excluding hydrogens is 342 g/mol. The van der Waals surface area contributed by atoms with Crippen LogP contribution in [0.25, 0.3) is 0 Å². The number of hydrogen-bond donors (Lipinski definition) is 0. The van der Waals surface area contributed by atoms with E-state index in [0.717, 1.165) is 19.3 Å². The number of ether oxygens (including phenoxy) is 2. The van der Waals surface area contributed by atoms with Gasteiger partial charge >= 0.3 is 12.1 Å². The van der Waals surface area contributed by atoms with Gasteiger partial charge in [0.1, 0.15) is 11.6 Å². The van der Waals surface area contributed by atoms with Crippen molar-refractivity contribution >= 4 is 12.1 Å². The Bertz CT molecular complexity index is 475. The fraction of sp³-hybridized carbons (Fsp3) is 0.909. The van der Waals surface area contributed by atoms with Crippen LogP contribution in [0, 0.1) is 5.92 Å². The summed E-state index contributed by atoms with van der Waals surface area (Å²) in [5.74, 6) is 0.167. The van der Waals surface area contributed by atoms with Crippen molar-refractivity contribution < 1.29 is 19.1 Å². The van der Waals surface area contributed by atoms with Crippen LogP contribution in [0.3, 0.4) is 0 Å². The van der Waals surface area contributed by atoms with Crippen LogP contribution in [-0.4, -0.2) is 41.3 Å². The summed E-state index contributed by atoms with van der Waals surface area (Å²) >= 11 is 0. The summed E-state index contributed by atoms with van der Waals surface area (Å²) in [5, 5.41) is 0. The minimum absolute atomic E-state index is 0.0914. The normalized spacial score (nSPS) is 25.9. The molecule has 2 aliphatic rings. The zero-order valence-corrected chi connectivity index (χ0v) is 17.8. The quantitative estimate of drug-likeness (QED) is 0.609. The molecule has 156 valence electrons.